The molecule has 2 saturated carbocycles. The number of fused-ring (bicyclic) bond motifs is 1. The number of ether oxygens (including phenoxy) is 2. The number of carbonyl (C=O) groups excluding carboxylic acids is 2. The maximum absolute atomic E-state index is 11.1. The highest BCUT2D eigenvalue weighted by Crippen LogP contribution is 2.54. The lowest BCUT2D eigenvalue weighted by Gasteiger charge is -2.17. The van der Waals surface area contributed by atoms with E-state index in [0.29, 0.717) is 17.9 Å². The summed E-state index contributed by atoms with van der Waals surface area (Å²) in [6.45, 7) is 9.72. The zero-order valence-corrected chi connectivity index (χ0v) is 14.3. The van der Waals surface area contributed by atoms with Gasteiger partial charge in [0.2, 0.25) is 0 Å². The molecule has 2 aliphatic carbocycles. The number of carbonyl (C=O) groups is 2. The van der Waals surface area contributed by atoms with Gasteiger partial charge in [0, 0.05) is 5.92 Å². The van der Waals surface area contributed by atoms with Crippen molar-refractivity contribution in [3.63, 3.8) is 0 Å². The fraction of sp³-hybridized carbons (Fsp3) is 0.882. The summed E-state index contributed by atoms with van der Waals surface area (Å²) in [4.78, 5) is 21.9. The topological polar surface area (TPSA) is 52.6 Å². The van der Waals surface area contributed by atoms with Gasteiger partial charge < -0.3 is 9.47 Å². The molecule has 1 saturated heterocycles. The maximum atomic E-state index is 11.1. The lowest BCUT2D eigenvalue weighted by atomic mass is 9.90. The Morgan fingerprint density at radius 2 is 1.90 bits per heavy atom. The summed E-state index contributed by atoms with van der Waals surface area (Å²) in [5.74, 6) is 1.72. The van der Waals surface area contributed by atoms with Gasteiger partial charge in [-0.05, 0) is 45.4 Å². The summed E-state index contributed by atoms with van der Waals surface area (Å²) in [5.41, 5.74) is -0.311. The molecular formula is C17H30O4. The molecule has 4 unspecified atom stereocenters. The second kappa shape index (κ2) is 7.28. The SMILES string of the molecule is CC.CCC(C)(C)C(=O)OC.O=C1OC2CC3CC1C2C3. The first-order chi connectivity index (χ1) is 9.89. The molecule has 21 heavy (non-hydrogen) atoms. The van der Waals surface area contributed by atoms with Gasteiger partial charge in [0.15, 0.2) is 0 Å². The minimum atomic E-state index is -0.311. The molecule has 0 spiro atoms. The number of rotatable bonds is 2. The molecule has 0 aromatic carbocycles. The third-order valence-corrected chi connectivity index (χ3v) is 4.94. The van der Waals surface area contributed by atoms with Gasteiger partial charge in [-0.1, -0.05) is 20.8 Å². The molecule has 3 aliphatic rings. The van der Waals surface area contributed by atoms with Crippen molar-refractivity contribution in [1.82, 2.24) is 0 Å². The maximum Gasteiger partial charge on any atom is 0.311 e. The molecule has 4 heteroatoms. The molecule has 2 bridgehead atoms. The Morgan fingerprint density at radius 3 is 2.24 bits per heavy atom. The molecule has 4 nitrogen and oxygen atoms in total. The van der Waals surface area contributed by atoms with Crippen LogP contribution in [-0.4, -0.2) is 25.2 Å². The Hall–Kier alpha value is -1.06. The van der Waals surface area contributed by atoms with E-state index < -0.39 is 0 Å². The fourth-order valence-corrected chi connectivity index (χ4v) is 3.35. The predicted octanol–water partition coefficient (Wildman–Crippen LogP) is 3.58. The first kappa shape index (κ1) is 18.0. The van der Waals surface area contributed by atoms with Gasteiger partial charge in [0.05, 0.1) is 18.4 Å². The summed E-state index contributed by atoms with van der Waals surface area (Å²) in [7, 11) is 1.42. The largest absolute Gasteiger partial charge is 0.469 e. The first-order valence-corrected chi connectivity index (χ1v) is 8.18. The molecular weight excluding hydrogens is 268 g/mol. The summed E-state index contributed by atoms with van der Waals surface area (Å²) >= 11 is 0. The van der Waals surface area contributed by atoms with Crippen LogP contribution in [-0.2, 0) is 19.1 Å². The van der Waals surface area contributed by atoms with Gasteiger partial charge in [0.25, 0.3) is 0 Å². The Kier molecular flexibility index (Phi) is 6.24. The molecule has 0 aromatic heterocycles. The van der Waals surface area contributed by atoms with Gasteiger partial charge in [-0.3, -0.25) is 9.59 Å². The molecule has 1 aliphatic heterocycles. The molecule has 4 atom stereocenters. The smallest absolute Gasteiger partial charge is 0.311 e. The minimum absolute atomic E-state index is 0.0926. The van der Waals surface area contributed by atoms with E-state index in [0.717, 1.165) is 25.2 Å². The van der Waals surface area contributed by atoms with E-state index in [1.807, 2.05) is 34.6 Å². The average Bonchev–Trinajstić information content (AvgIpc) is 3.11. The molecule has 122 valence electrons. The molecule has 0 radical (unpaired) electrons. The van der Waals surface area contributed by atoms with Crippen molar-refractivity contribution >= 4 is 11.9 Å². The average molecular weight is 298 g/mol. The van der Waals surface area contributed by atoms with Crippen molar-refractivity contribution in [2.24, 2.45) is 23.2 Å². The Bertz CT molecular complexity index is 373. The molecule has 1 heterocycles. The van der Waals surface area contributed by atoms with Gasteiger partial charge in [0.1, 0.15) is 6.10 Å². The van der Waals surface area contributed by atoms with Gasteiger partial charge in [-0.2, -0.15) is 0 Å². The lowest BCUT2D eigenvalue weighted by Crippen LogP contribution is -2.24. The van der Waals surface area contributed by atoms with Crippen LogP contribution >= 0.6 is 0 Å². The number of hydrogen-bond acceptors (Lipinski definition) is 4. The summed E-state index contributed by atoms with van der Waals surface area (Å²) in [6.07, 6.45) is 4.70. The highest BCUT2D eigenvalue weighted by Gasteiger charge is 2.56. The zero-order valence-electron chi connectivity index (χ0n) is 14.3. The molecule has 3 fully saturated rings. The van der Waals surface area contributed by atoms with E-state index in [4.69, 9.17) is 4.74 Å². The quantitative estimate of drug-likeness (QED) is 0.731. The van der Waals surface area contributed by atoms with Crippen molar-refractivity contribution in [3.8, 4) is 0 Å². The van der Waals surface area contributed by atoms with E-state index in [1.165, 1.54) is 13.5 Å². The lowest BCUT2D eigenvalue weighted by molar-refractivity contribution is -0.150. The molecule has 3 rings (SSSR count). The van der Waals surface area contributed by atoms with Crippen LogP contribution in [0.15, 0.2) is 0 Å². The van der Waals surface area contributed by atoms with E-state index >= 15 is 0 Å². The van der Waals surface area contributed by atoms with Crippen LogP contribution in [0.25, 0.3) is 0 Å². The monoisotopic (exact) mass is 298 g/mol. The predicted molar refractivity (Wildman–Crippen MR) is 81.6 cm³/mol. The standard InChI is InChI=1S/C8H10O2.C7H14O2.C2H6/c9-8-6-2-4-1-5(6)7(3-4)10-8;1-5-7(2,3)6(8)9-4;1-2/h4-7H,1-3H2;5H2,1-4H3;1-2H3. The van der Waals surface area contributed by atoms with E-state index in [9.17, 15) is 9.59 Å². The number of hydrogen-bond donors (Lipinski definition) is 0. The Balaban J connectivity index is 0.000000190. The van der Waals surface area contributed by atoms with Crippen molar-refractivity contribution in [1.29, 1.82) is 0 Å². The fourth-order valence-electron chi connectivity index (χ4n) is 3.35. The molecule has 0 amide bonds. The van der Waals surface area contributed by atoms with Crippen LogP contribution in [0, 0.1) is 23.2 Å². The van der Waals surface area contributed by atoms with E-state index in [2.05, 4.69) is 4.74 Å². The van der Waals surface area contributed by atoms with E-state index in [1.54, 1.807) is 0 Å². The number of methoxy groups -OCH3 is 1. The zero-order chi connectivity index (χ0) is 16.2. The van der Waals surface area contributed by atoms with Gasteiger partial charge in [-0.25, -0.2) is 0 Å². The second-order valence-electron chi connectivity index (χ2n) is 6.55. The Labute approximate surface area is 128 Å². The molecule has 0 N–H and O–H groups in total. The van der Waals surface area contributed by atoms with Crippen LogP contribution < -0.4 is 0 Å². The summed E-state index contributed by atoms with van der Waals surface area (Å²) < 4.78 is 9.77. The van der Waals surface area contributed by atoms with Crippen molar-refractivity contribution < 1.29 is 19.1 Å². The highest BCUT2D eigenvalue weighted by atomic mass is 16.6. The van der Waals surface area contributed by atoms with Crippen LogP contribution in [0.5, 0.6) is 0 Å². The summed E-state index contributed by atoms with van der Waals surface area (Å²) in [5, 5.41) is 0. The third kappa shape index (κ3) is 3.78. The van der Waals surface area contributed by atoms with Crippen LogP contribution in [0.2, 0.25) is 0 Å². The van der Waals surface area contributed by atoms with E-state index in [-0.39, 0.29) is 17.4 Å². The van der Waals surface area contributed by atoms with Crippen LogP contribution in [0.1, 0.15) is 60.3 Å². The van der Waals surface area contributed by atoms with Crippen molar-refractivity contribution in [2.75, 3.05) is 7.11 Å². The highest BCUT2D eigenvalue weighted by molar-refractivity contribution is 5.76. The van der Waals surface area contributed by atoms with Crippen molar-refractivity contribution in [3.05, 3.63) is 0 Å². The van der Waals surface area contributed by atoms with Crippen LogP contribution in [0.4, 0.5) is 0 Å². The number of esters is 2. The van der Waals surface area contributed by atoms with Crippen LogP contribution in [0.3, 0.4) is 0 Å². The van der Waals surface area contributed by atoms with Gasteiger partial charge >= 0.3 is 11.9 Å². The Morgan fingerprint density at radius 1 is 1.29 bits per heavy atom. The molecule has 0 aromatic rings. The summed E-state index contributed by atoms with van der Waals surface area (Å²) in [6, 6.07) is 0. The third-order valence-electron chi connectivity index (χ3n) is 4.94. The first-order valence-electron chi connectivity index (χ1n) is 8.18. The second-order valence-corrected chi connectivity index (χ2v) is 6.55. The van der Waals surface area contributed by atoms with Gasteiger partial charge in [-0.15, -0.1) is 0 Å². The van der Waals surface area contributed by atoms with Crippen molar-refractivity contribution in [2.45, 2.75) is 66.4 Å². The minimum Gasteiger partial charge on any atom is -0.469 e. The normalized spacial score (nSPS) is 31.6.